The van der Waals surface area contributed by atoms with E-state index in [0.29, 0.717) is 18.0 Å². The third-order valence-electron chi connectivity index (χ3n) is 4.00. The van der Waals surface area contributed by atoms with Gasteiger partial charge < -0.3 is 10.6 Å². The number of likely N-dealkylation sites (N-methyl/N-ethyl adjacent to an activating group) is 1. The lowest BCUT2D eigenvalue weighted by Crippen LogP contribution is -2.62. The van der Waals surface area contributed by atoms with Crippen molar-refractivity contribution < 1.29 is 4.79 Å². The number of thioether (sulfide) groups is 1. The van der Waals surface area contributed by atoms with Crippen molar-refractivity contribution in [3.05, 3.63) is 0 Å². The van der Waals surface area contributed by atoms with Crippen molar-refractivity contribution in [3.8, 4) is 0 Å². The number of hydrogen-bond donors (Lipinski definition) is 2. The smallest absolute Gasteiger partial charge is 0.238 e. The number of amides is 1. The maximum absolute atomic E-state index is 12.2. The van der Waals surface area contributed by atoms with Gasteiger partial charge in [-0.3, -0.25) is 9.69 Å². The van der Waals surface area contributed by atoms with E-state index in [4.69, 9.17) is 0 Å². The van der Waals surface area contributed by atoms with Gasteiger partial charge in [0.25, 0.3) is 0 Å². The molecule has 110 valence electrons. The second-order valence-electron chi connectivity index (χ2n) is 6.39. The number of carbonyl (C=O) groups excluding carboxylic acids is 1. The van der Waals surface area contributed by atoms with E-state index in [1.807, 2.05) is 18.7 Å². The van der Waals surface area contributed by atoms with E-state index in [9.17, 15) is 4.79 Å². The minimum atomic E-state index is 0.00759. The van der Waals surface area contributed by atoms with E-state index in [1.54, 1.807) is 0 Å². The first-order chi connectivity index (χ1) is 9.03. The van der Waals surface area contributed by atoms with Crippen molar-refractivity contribution in [2.75, 3.05) is 37.7 Å². The van der Waals surface area contributed by atoms with E-state index in [1.165, 1.54) is 17.9 Å². The first kappa shape index (κ1) is 15.1. The van der Waals surface area contributed by atoms with Gasteiger partial charge in [0.05, 0.1) is 0 Å². The minimum Gasteiger partial charge on any atom is -0.355 e. The molecule has 2 aliphatic rings. The highest BCUT2D eigenvalue weighted by Gasteiger charge is 2.38. The van der Waals surface area contributed by atoms with Crippen LogP contribution in [-0.2, 0) is 4.79 Å². The van der Waals surface area contributed by atoms with Crippen LogP contribution in [0.1, 0.15) is 27.2 Å². The summed E-state index contributed by atoms with van der Waals surface area (Å²) in [6.45, 7) is 10.2. The molecular formula is C14H27N3OS. The summed E-state index contributed by atoms with van der Waals surface area (Å²) in [5.41, 5.74) is 0.393. The van der Waals surface area contributed by atoms with Crippen molar-refractivity contribution in [3.63, 3.8) is 0 Å². The van der Waals surface area contributed by atoms with Crippen LogP contribution < -0.4 is 10.6 Å². The van der Waals surface area contributed by atoms with Crippen LogP contribution in [0.15, 0.2) is 0 Å². The Labute approximate surface area is 121 Å². The molecule has 5 heteroatoms. The minimum absolute atomic E-state index is 0.00759. The van der Waals surface area contributed by atoms with Gasteiger partial charge in [-0.2, -0.15) is 11.8 Å². The van der Waals surface area contributed by atoms with Gasteiger partial charge in [0.15, 0.2) is 0 Å². The highest BCUT2D eigenvalue weighted by Crippen LogP contribution is 2.36. The summed E-state index contributed by atoms with van der Waals surface area (Å²) in [5.74, 6) is 2.59. The summed E-state index contributed by atoms with van der Waals surface area (Å²) in [5, 5.41) is 6.33. The molecule has 0 aromatic heterocycles. The van der Waals surface area contributed by atoms with E-state index in [0.717, 1.165) is 19.6 Å². The molecule has 1 amide bonds. The van der Waals surface area contributed by atoms with Crippen LogP contribution in [0.5, 0.6) is 0 Å². The second kappa shape index (κ2) is 6.46. The second-order valence-corrected chi connectivity index (χ2v) is 7.42. The van der Waals surface area contributed by atoms with Gasteiger partial charge in [0, 0.05) is 38.0 Å². The Morgan fingerprint density at radius 2 is 2.32 bits per heavy atom. The lowest BCUT2D eigenvalue weighted by atomic mass is 9.86. The van der Waals surface area contributed by atoms with Gasteiger partial charge in [0.2, 0.25) is 5.91 Å². The molecule has 0 aromatic carbocycles. The molecule has 19 heavy (non-hydrogen) atoms. The molecule has 4 nitrogen and oxygen atoms in total. The number of rotatable bonds is 3. The van der Waals surface area contributed by atoms with E-state index in [2.05, 4.69) is 29.4 Å². The summed E-state index contributed by atoms with van der Waals surface area (Å²) in [4.78, 5) is 14.7. The Bertz CT molecular complexity index is 322. The van der Waals surface area contributed by atoms with Crippen molar-refractivity contribution >= 4 is 17.7 Å². The molecule has 2 heterocycles. The monoisotopic (exact) mass is 285 g/mol. The van der Waals surface area contributed by atoms with Gasteiger partial charge in [-0.05, 0) is 24.5 Å². The first-order valence-electron chi connectivity index (χ1n) is 7.35. The molecule has 2 saturated heterocycles. The molecule has 2 unspecified atom stereocenters. The molecular weight excluding hydrogens is 258 g/mol. The highest BCUT2D eigenvalue weighted by molar-refractivity contribution is 7.99. The zero-order valence-corrected chi connectivity index (χ0v) is 13.2. The SMILES string of the molecule is CCNC(=O)C1CNCCN1C1CSCC(C)(C)C1. The van der Waals surface area contributed by atoms with E-state index < -0.39 is 0 Å². The fourth-order valence-electron chi connectivity index (χ4n) is 3.13. The van der Waals surface area contributed by atoms with Gasteiger partial charge in [0.1, 0.15) is 6.04 Å². The van der Waals surface area contributed by atoms with Crippen LogP contribution in [0, 0.1) is 5.41 Å². The van der Waals surface area contributed by atoms with E-state index >= 15 is 0 Å². The molecule has 0 aliphatic carbocycles. The zero-order valence-electron chi connectivity index (χ0n) is 12.4. The molecule has 0 aromatic rings. The molecule has 2 N–H and O–H groups in total. The normalized spacial score (nSPS) is 31.9. The summed E-state index contributed by atoms with van der Waals surface area (Å²) in [7, 11) is 0. The Morgan fingerprint density at radius 1 is 1.53 bits per heavy atom. The standard InChI is InChI=1S/C14H27N3OS/c1-4-16-13(18)12-8-15-5-6-17(12)11-7-14(2,3)10-19-9-11/h11-12,15H,4-10H2,1-3H3,(H,16,18). The number of nitrogens with zero attached hydrogens (tertiary/aromatic N) is 1. The quantitative estimate of drug-likeness (QED) is 0.810. The number of piperazine rings is 1. The lowest BCUT2D eigenvalue weighted by Gasteiger charge is -2.45. The number of hydrogen-bond acceptors (Lipinski definition) is 4. The molecule has 0 bridgehead atoms. The Morgan fingerprint density at radius 3 is 3.00 bits per heavy atom. The van der Waals surface area contributed by atoms with Crippen molar-refractivity contribution in [2.45, 2.75) is 39.3 Å². The predicted octanol–water partition coefficient (Wildman–Crippen LogP) is 0.928. The van der Waals surface area contributed by atoms with Gasteiger partial charge >= 0.3 is 0 Å². The molecule has 0 saturated carbocycles. The third kappa shape index (κ3) is 3.86. The fraction of sp³-hybridized carbons (Fsp3) is 0.929. The molecule has 2 rings (SSSR count). The van der Waals surface area contributed by atoms with Crippen LogP contribution in [0.4, 0.5) is 0 Å². The van der Waals surface area contributed by atoms with Gasteiger partial charge in [-0.1, -0.05) is 13.8 Å². The van der Waals surface area contributed by atoms with Gasteiger partial charge in [-0.25, -0.2) is 0 Å². The maximum Gasteiger partial charge on any atom is 0.238 e. The predicted molar refractivity (Wildman–Crippen MR) is 81.6 cm³/mol. The maximum atomic E-state index is 12.2. The van der Waals surface area contributed by atoms with Crippen molar-refractivity contribution in [2.24, 2.45) is 5.41 Å². The van der Waals surface area contributed by atoms with Crippen LogP contribution in [0.25, 0.3) is 0 Å². The average Bonchev–Trinajstić information content (AvgIpc) is 2.38. The van der Waals surface area contributed by atoms with Crippen LogP contribution in [0.2, 0.25) is 0 Å². The summed E-state index contributed by atoms with van der Waals surface area (Å²) in [6.07, 6.45) is 1.20. The molecule has 2 fully saturated rings. The Hall–Kier alpha value is -0.260. The van der Waals surface area contributed by atoms with Crippen LogP contribution in [0.3, 0.4) is 0 Å². The van der Waals surface area contributed by atoms with Crippen LogP contribution in [-0.4, -0.2) is 60.6 Å². The number of carbonyl (C=O) groups is 1. The molecule has 2 atom stereocenters. The molecule has 0 radical (unpaired) electrons. The number of nitrogens with one attached hydrogen (secondary N) is 2. The first-order valence-corrected chi connectivity index (χ1v) is 8.51. The zero-order chi connectivity index (χ0) is 13.9. The summed E-state index contributed by atoms with van der Waals surface area (Å²) >= 11 is 2.04. The summed E-state index contributed by atoms with van der Waals surface area (Å²) < 4.78 is 0. The van der Waals surface area contributed by atoms with Crippen LogP contribution >= 0.6 is 11.8 Å². The highest BCUT2D eigenvalue weighted by atomic mass is 32.2. The molecule has 0 spiro atoms. The molecule has 2 aliphatic heterocycles. The Kier molecular flexibility index (Phi) is 5.15. The fourth-order valence-corrected chi connectivity index (χ4v) is 4.50. The largest absolute Gasteiger partial charge is 0.355 e. The van der Waals surface area contributed by atoms with Gasteiger partial charge in [-0.15, -0.1) is 0 Å². The van der Waals surface area contributed by atoms with Crippen molar-refractivity contribution in [1.29, 1.82) is 0 Å². The topological polar surface area (TPSA) is 44.4 Å². The lowest BCUT2D eigenvalue weighted by molar-refractivity contribution is -0.128. The van der Waals surface area contributed by atoms with Crippen molar-refractivity contribution in [1.82, 2.24) is 15.5 Å². The van der Waals surface area contributed by atoms with E-state index in [-0.39, 0.29) is 11.9 Å². The third-order valence-corrected chi connectivity index (χ3v) is 5.60. The average molecular weight is 285 g/mol. The summed E-state index contributed by atoms with van der Waals surface area (Å²) in [6, 6.07) is 0.552. The Balaban J connectivity index is 2.04.